The van der Waals surface area contributed by atoms with Crippen LogP contribution in [-0.2, 0) is 11.3 Å². The Morgan fingerprint density at radius 2 is 1.73 bits per heavy atom. The van der Waals surface area contributed by atoms with E-state index < -0.39 is 0 Å². The second-order valence-electron chi connectivity index (χ2n) is 9.89. The molecule has 3 aromatic rings. The van der Waals surface area contributed by atoms with Crippen molar-refractivity contribution in [2.45, 2.75) is 44.6 Å². The van der Waals surface area contributed by atoms with Gasteiger partial charge in [0.05, 0.1) is 22.1 Å². The van der Waals surface area contributed by atoms with E-state index in [-0.39, 0.29) is 5.91 Å². The lowest BCUT2D eigenvalue weighted by Gasteiger charge is -2.22. The van der Waals surface area contributed by atoms with Gasteiger partial charge in [-0.1, -0.05) is 85.7 Å². The van der Waals surface area contributed by atoms with Gasteiger partial charge in [0, 0.05) is 0 Å². The van der Waals surface area contributed by atoms with Gasteiger partial charge >= 0.3 is 0 Å². The van der Waals surface area contributed by atoms with Crippen LogP contribution in [0.1, 0.15) is 54.7 Å². The van der Waals surface area contributed by atoms with Crippen molar-refractivity contribution < 1.29 is 19.0 Å². The Kier molecular flexibility index (Phi) is 10.0. The summed E-state index contributed by atoms with van der Waals surface area (Å²) in [7, 11) is 1.62. The molecule has 0 atom stereocenters. The number of methoxy groups -OCH3 is 1. The van der Waals surface area contributed by atoms with E-state index in [2.05, 4.69) is 46.9 Å². The predicted octanol–water partition coefficient (Wildman–Crippen LogP) is 8.21. The second kappa shape index (κ2) is 13.9. The zero-order valence-electron chi connectivity index (χ0n) is 22.4. The number of amides is 1. The Bertz CT molecular complexity index is 1370. The van der Waals surface area contributed by atoms with Gasteiger partial charge < -0.3 is 14.2 Å². The quantitative estimate of drug-likeness (QED) is 0.0929. The van der Waals surface area contributed by atoms with Gasteiger partial charge in [-0.2, -0.15) is 0 Å². The number of carbonyl (C=O) groups is 1. The fourth-order valence-corrected chi connectivity index (χ4v) is 7.13. The molecular formula is C32H32INO4S2. The summed E-state index contributed by atoms with van der Waals surface area (Å²) in [5.41, 5.74) is 3.31. The maximum atomic E-state index is 13.1. The number of carbonyl (C=O) groups excluding carboxylic acids is 1. The molecule has 0 N–H and O–H groups in total. The van der Waals surface area contributed by atoms with Gasteiger partial charge in [-0.15, -0.1) is 0 Å². The number of halogens is 1. The average molecular weight is 686 g/mol. The summed E-state index contributed by atoms with van der Waals surface area (Å²) in [5, 5.41) is 0. The lowest BCUT2D eigenvalue weighted by atomic mass is 9.84. The summed E-state index contributed by atoms with van der Waals surface area (Å²) >= 11 is 9.06. The summed E-state index contributed by atoms with van der Waals surface area (Å²) in [6.07, 6.45) is 8.47. The lowest BCUT2D eigenvalue weighted by Crippen LogP contribution is -2.27. The van der Waals surface area contributed by atoms with Crippen LogP contribution in [0.15, 0.2) is 71.6 Å². The molecule has 40 heavy (non-hydrogen) atoms. The highest BCUT2D eigenvalue weighted by Gasteiger charge is 2.32. The van der Waals surface area contributed by atoms with Crippen molar-refractivity contribution in [2.24, 2.45) is 0 Å². The molecule has 5 nitrogen and oxygen atoms in total. The zero-order chi connectivity index (χ0) is 27.9. The number of benzene rings is 3. The van der Waals surface area contributed by atoms with Gasteiger partial charge in [0.1, 0.15) is 23.3 Å². The Labute approximate surface area is 259 Å². The molecule has 0 unspecified atom stereocenters. The van der Waals surface area contributed by atoms with Crippen LogP contribution in [0.3, 0.4) is 0 Å². The fraction of sp³-hybridized carbons (Fsp3) is 0.312. The molecule has 0 bridgehead atoms. The Hall–Kier alpha value is -2.56. The number of nitrogens with zero attached hydrogens (tertiary/aromatic N) is 1. The van der Waals surface area contributed by atoms with Crippen LogP contribution in [0.25, 0.3) is 6.08 Å². The first-order valence-electron chi connectivity index (χ1n) is 13.5. The van der Waals surface area contributed by atoms with Crippen LogP contribution in [0.2, 0.25) is 0 Å². The molecular weight excluding hydrogens is 653 g/mol. The zero-order valence-corrected chi connectivity index (χ0v) is 26.2. The lowest BCUT2D eigenvalue weighted by molar-refractivity contribution is -0.122. The predicted molar refractivity (Wildman–Crippen MR) is 174 cm³/mol. The number of thiocarbonyl (C=S) groups is 1. The van der Waals surface area contributed by atoms with Crippen molar-refractivity contribution in [2.75, 3.05) is 20.3 Å². The summed E-state index contributed by atoms with van der Waals surface area (Å²) in [5.74, 6) is 2.72. The monoisotopic (exact) mass is 685 g/mol. The maximum absolute atomic E-state index is 13.1. The van der Waals surface area contributed by atoms with E-state index in [1.54, 1.807) is 12.0 Å². The topological polar surface area (TPSA) is 48.0 Å². The van der Waals surface area contributed by atoms with Gasteiger partial charge in [-0.25, -0.2) is 0 Å². The molecule has 2 aliphatic rings. The third kappa shape index (κ3) is 7.19. The van der Waals surface area contributed by atoms with E-state index in [1.165, 1.54) is 49.4 Å². The third-order valence-electron chi connectivity index (χ3n) is 7.16. The van der Waals surface area contributed by atoms with Gasteiger partial charge in [-0.3, -0.25) is 9.69 Å². The van der Waals surface area contributed by atoms with E-state index >= 15 is 0 Å². The fourth-order valence-electron chi connectivity index (χ4n) is 5.09. The minimum atomic E-state index is -0.0860. The van der Waals surface area contributed by atoms with Crippen molar-refractivity contribution in [1.29, 1.82) is 0 Å². The maximum Gasteiger partial charge on any atom is 0.266 e. The number of ether oxygens (including phenoxy) is 3. The molecule has 3 aromatic carbocycles. The molecule has 2 fully saturated rings. The van der Waals surface area contributed by atoms with Crippen molar-refractivity contribution in [3.8, 4) is 17.2 Å². The van der Waals surface area contributed by atoms with E-state index in [9.17, 15) is 4.79 Å². The molecule has 1 saturated carbocycles. The van der Waals surface area contributed by atoms with Crippen molar-refractivity contribution in [1.82, 2.24) is 4.90 Å². The van der Waals surface area contributed by atoms with Crippen molar-refractivity contribution in [3.63, 3.8) is 0 Å². The highest BCUT2D eigenvalue weighted by molar-refractivity contribution is 14.1. The van der Waals surface area contributed by atoms with Crippen LogP contribution in [0.4, 0.5) is 0 Å². The summed E-state index contributed by atoms with van der Waals surface area (Å²) < 4.78 is 19.1. The normalized spacial score (nSPS) is 16.9. The van der Waals surface area contributed by atoms with Gasteiger partial charge in [-0.05, 0) is 88.4 Å². The number of thioether (sulfide) groups is 1. The summed E-state index contributed by atoms with van der Waals surface area (Å²) in [6.45, 7) is 1.27. The van der Waals surface area contributed by atoms with E-state index in [4.69, 9.17) is 26.4 Å². The third-order valence-corrected chi connectivity index (χ3v) is 9.34. The standard InChI is InChI=1S/C32H32INO4S2/c1-36-28-19-23(20-29-31(35)34(32(39)40-29)21-22-8-4-2-5-9-22)18-27(33)30(28)38-17-16-37-26-14-12-25(13-15-26)24-10-6-3-7-11-24/h2,4-5,8-9,12-15,18-20,24H,3,6-7,10-11,16-17,21H2,1H3. The van der Waals surface area contributed by atoms with Gasteiger partial charge in [0.2, 0.25) is 0 Å². The molecule has 1 aliphatic heterocycles. The van der Waals surface area contributed by atoms with Gasteiger partial charge in [0.15, 0.2) is 11.5 Å². The summed E-state index contributed by atoms with van der Waals surface area (Å²) in [6, 6.07) is 22.2. The van der Waals surface area contributed by atoms with Crippen molar-refractivity contribution >= 4 is 62.9 Å². The second-order valence-corrected chi connectivity index (χ2v) is 12.7. The molecule has 0 aromatic heterocycles. The molecule has 1 amide bonds. The summed E-state index contributed by atoms with van der Waals surface area (Å²) in [4.78, 5) is 15.3. The molecule has 208 valence electrons. The first-order valence-corrected chi connectivity index (χ1v) is 15.8. The number of rotatable bonds is 10. The van der Waals surface area contributed by atoms with Gasteiger partial charge in [0.25, 0.3) is 5.91 Å². The SMILES string of the molecule is COc1cc(C=C2SC(=S)N(Cc3ccccc3)C2=O)cc(I)c1OCCOc1ccc(C2CCCCC2)cc1. The minimum Gasteiger partial charge on any atom is -0.493 e. The first-order chi connectivity index (χ1) is 19.5. The van der Waals surface area contributed by atoms with Crippen LogP contribution in [0.5, 0.6) is 17.2 Å². The van der Waals surface area contributed by atoms with Crippen LogP contribution >= 0.6 is 46.6 Å². The Morgan fingerprint density at radius 1 is 1.00 bits per heavy atom. The molecule has 1 saturated heterocycles. The molecule has 1 aliphatic carbocycles. The first kappa shape index (κ1) is 29.0. The molecule has 0 radical (unpaired) electrons. The smallest absolute Gasteiger partial charge is 0.266 e. The highest BCUT2D eigenvalue weighted by Crippen LogP contribution is 2.38. The average Bonchev–Trinajstić information content (AvgIpc) is 3.24. The Morgan fingerprint density at radius 3 is 2.45 bits per heavy atom. The van der Waals surface area contributed by atoms with E-state index in [0.717, 1.165) is 20.4 Å². The molecule has 8 heteroatoms. The van der Waals surface area contributed by atoms with Crippen molar-refractivity contribution in [3.05, 3.63) is 91.9 Å². The molecule has 1 heterocycles. The minimum absolute atomic E-state index is 0.0860. The highest BCUT2D eigenvalue weighted by atomic mass is 127. The van der Waals surface area contributed by atoms with Crippen LogP contribution in [-0.4, -0.2) is 35.5 Å². The van der Waals surface area contributed by atoms with E-state index in [0.29, 0.717) is 46.4 Å². The Balaban J connectivity index is 1.18. The molecule has 5 rings (SSSR count). The van der Waals surface area contributed by atoms with E-state index in [1.807, 2.05) is 48.5 Å². The number of hydrogen-bond donors (Lipinski definition) is 0. The molecule has 0 spiro atoms. The number of hydrogen-bond acceptors (Lipinski definition) is 6. The van der Waals surface area contributed by atoms with Crippen LogP contribution < -0.4 is 14.2 Å². The largest absolute Gasteiger partial charge is 0.493 e. The van der Waals surface area contributed by atoms with Crippen LogP contribution in [0, 0.1) is 3.57 Å².